The molecule has 0 N–H and O–H groups in total. The van der Waals surface area contributed by atoms with Crippen molar-refractivity contribution >= 4 is 17.0 Å². The van der Waals surface area contributed by atoms with E-state index >= 15 is 0 Å². The van der Waals surface area contributed by atoms with Crippen molar-refractivity contribution in [1.82, 2.24) is 4.57 Å². The van der Waals surface area contributed by atoms with Gasteiger partial charge in [0.1, 0.15) is 0 Å². The lowest BCUT2D eigenvalue weighted by atomic mass is 10.0. The molecule has 1 aromatic heterocycles. The summed E-state index contributed by atoms with van der Waals surface area (Å²) in [6.45, 7) is 3.43. The summed E-state index contributed by atoms with van der Waals surface area (Å²) in [5, 5.41) is 1.43. The summed E-state index contributed by atoms with van der Waals surface area (Å²) in [6, 6.07) is 8.82. The highest BCUT2D eigenvalue weighted by Crippen LogP contribution is 2.31. The van der Waals surface area contributed by atoms with Crippen LogP contribution in [0.5, 0.6) is 0 Å². The first kappa shape index (κ1) is 10.6. The van der Waals surface area contributed by atoms with E-state index in [4.69, 9.17) is 0 Å². The third-order valence-corrected chi connectivity index (χ3v) is 3.69. The van der Waals surface area contributed by atoms with Gasteiger partial charge in [0.15, 0.2) is 0 Å². The number of aryl methyl sites for hydroxylation is 1. The van der Waals surface area contributed by atoms with Crippen LogP contribution in [0.2, 0.25) is 0 Å². The SMILES string of the molecule is CCCCn1c2c(c3ccccc31)C=CCC2. The Balaban J connectivity index is 2.21. The second-order valence-electron chi connectivity index (χ2n) is 4.82. The van der Waals surface area contributed by atoms with E-state index in [0.29, 0.717) is 0 Å². The van der Waals surface area contributed by atoms with Gasteiger partial charge in [0, 0.05) is 28.7 Å². The van der Waals surface area contributed by atoms with Crippen molar-refractivity contribution in [2.75, 3.05) is 0 Å². The fourth-order valence-electron chi connectivity index (χ4n) is 2.83. The molecule has 1 aliphatic rings. The average molecular weight is 225 g/mol. The molecule has 1 heteroatoms. The minimum absolute atomic E-state index is 1.17. The van der Waals surface area contributed by atoms with Crippen LogP contribution in [0.15, 0.2) is 30.3 Å². The predicted octanol–water partition coefficient (Wildman–Crippen LogP) is 4.40. The summed E-state index contributed by atoms with van der Waals surface area (Å²) >= 11 is 0. The van der Waals surface area contributed by atoms with Gasteiger partial charge in [-0.2, -0.15) is 0 Å². The van der Waals surface area contributed by atoms with Gasteiger partial charge in [0.2, 0.25) is 0 Å². The number of aromatic nitrogens is 1. The third kappa shape index (κ3) is 1.70. The van der Waals surface area contributed by atoms with Gasteiger partial charge >= 0.3 is 0 Å². The van der Waals surface area contributed by atoms with Crippen LogP contribution < -0.4 is 0 Å². The van der Waals surface area contributed by atoms with Crippen LogP contribution in [-0.2, 0) is 13.0 Å². The summed E-state index contributed by atoms with van der Waals surface area (Å²) in [7, 11) is 0. The molecule has 0 saturated heterocycles. The molecule has 0 fully saturated rings. The maximum atomic E-state index is 2.54. The lowest BCUT2D eigenvalue weighted by Gasteiger charge is -2.12. The van der Waals surface area contributed by atoms with Gasteiger partial charge < -0.3 is 4.57 Å². The molecule has 1 aromatic carbocycles. The molecule has 1 aliphatic carbocycles. The molecule has 3 rings (SSSR count). The highest BCUT2D eigenvalue weighted by molar-refractivity contribution is 5.91. The molecule has 0 bridgehead atoms. The van der Waals surface area contributed by atoms with Crippen LogP contribution >= 0.6 is 0 Å². The maximum Gasteiger partial charge on any atom is 0.0488 e. The Morgan fingerprint density at radius 3 is 3.00 bits per heavy atom. The molecule has 0 unspecified atom stereocenters. The van der Waals surface area contributed by atoms with E-state index in [2.05, 4.69) is 47.9 Å². The lowest BCUT2D eigenvalue weighted by Crippen LogP contribution is -2.05. The summed E-state index contributed by atoms with van der Waals surface area (Å²) in [5.41, 5.74) is 4.42. The van der Waals surface area contributed by atoms with Crippen molar-refractivity contribution in [2.24, 2.45) is 0 Å². The maximum absolute atomic E-state index is 2.54. The van der Waals surface area contributed by atoms with Crippen LogP contribution in [0, 0.1) is 0 Å². The Hall–Kier alpha value is -1.50. The molecule has 1 heterocycles. The average Bonchev–Trinajstić information content (AvgIpc) is 2.71. The van der Waals surface area contributed by atoms with Crippen molar-refractivity contribution in [2.45, 2.75) is 39.2 Å². The second-order valence-corrected chi connectivity index (χ2v) is 4.82. The van der Waals surface area contributed by atoms with Gasteiger partial charge in [-0.1, -0.05) is 43.7 Å². The fraction of sp³-hybridized carbons (Fsp3) is 0.375. The Morgan fingerprint density at radius 1 is 1.24 bits per heavy atom. The van der Waals surface area contributed by atoms with E-state index in [0.717, 1.165) is 0 Å². The van der Waals surface area contributed by atoms with Gasteiger partial charge in [-0.15, -0.1) is 0 Å². The zero-order chi connectivity index (χ0) is 11.7. The van der Waals surface area contributed by atoms with Crippen LogP contribution in [-0.4, -0.2) is 4.57 Å². The number of unbranched alkanes of at least 4 members (excludes halogenated alkanes) is 1. The van der Waals surface area contributed by atoms with E-state index < -0.39 is 0 Å². The minimum atomic E-state index is 1.17. The Kier molecular flexibility index (Phi) is 2.76. The number of nitrogens with zero attached hydrogens (tertiary/aromatic N) is 1. The summed E-state index contributed by atoms with van der Waals surface area (Å²) in [6.07, 6.45) is 9.54. The van der Waals surface area contributed by atoms with Crippen molar-refractivity contribution in [1.29, 1.82) is 0 Å². The summed E-state index contributed by atoms with van der Waals surface area (Å²) < 4.78 is 2.54. The zero-order valence-corrected chi connectivity index (χ0v) is 10.4. The Bertz CT molecular complexity index is 560. The molecule has 0 aliphatic heterocycles. The van der Waals surface area contributed by atoms with Crippen LogP contribution in [0.25, 0.3) is 17.0 Å². The first-order valence-corrected chi connectivity index (χ1v) is 6.68. The van der Waals surface area contributed by atoms with Gasteiger partial charge in [0.25, 0.3) is 0 Å². The van der Waals surface area contributed by atoms with Crippen LogP contribution in [0.3, 0.4) is 0 Å². The van der Waals surface area contributed by atoms with E-state index in [-0.39, 0.29) is 0 Å². The molecule has 0 radical (unpaired) electrons. The Labute approximate surface area is 103 Å². The van der Waals surface area contributed by atoms with Crippen molar-refractivity contribution in [3.05, 3.63) is 41.6 Å². The molecule has 0 atom stereocenters. The van der Waals surface area contributed by atoms with E-state index in [1.54, 1.807) is 5.69 Å². The number of allylic oxidation sites excluding steroid dienone is 1. The predicted molar refractivity (Wildman–Crippen MR) is 74.2 cm³/mol. The number of hydrogen-bond acceptors (Lipinski definition) is 0. The third-order valence-electron chi connectivity index (χ3n) is 3.69. The summed E-state index contributed by atoms with van der Waals surface area (Å²) in [5.74, 6) is 0. The quantitative estimate of drug-likeness (QED) is 0.729. The smallest absolute Gasteiger partial charge is 0.0488 e. The van der Waals surface area contributed by atoms with E-state index in [1.807, 2.05) is 0 Å². The number of benzene rings is 1. The lowest BCUT2D eigenvalue weighted by molar-refractivity contribution is 0.623. The molecule has 2 aromatic rings. The molecular formula is C16H19N. The monoisotopic (exact) mass is 225 g/mol. The molecule has 88 valence electrons. The number of hydrogen-bond donors (Lipinski definition) is 0. The molecule has 1 nitrogen and oxygen atoms in total. The van der Waals surface area contributed by atoms with Gasteiger partial charge in [-0.25, -0.2) is 0 Å². The topological polar surface area (TPSA) is 4.93 Å². The van der Waals surface area contributed by atoms with Crippen molar-refractivity contribution < 1.29 is 0 Å². The number of rotatable bonds is 3. The van der Waals surface area contributed by atoms with Gasteiger partial charge in [-0.05, 0) is 25.3 Å². The molecule has 0 amide bonds. The van der Waals surface area contributed by atoms with Crippen LogP contribution in [0.4, 0.5) is 0 Å². The molecule has 17 heavy (non-hydrogen) atoms. The molecular weight excluding hydrogens is 206 g/mol. The summed E-state index contributed by atoms with van der Waals surface area (Å²) in [4.78, 5) is 0. The highest BCUT2D eigenvalue weighted by Gasteiger charge is 2.15. The highest BCUT2D eigenvalue weighted by atomic mass is 15.0. The van der Waals surface area contributed by atoms with Gasteiger partial charge in [-0.3, -0.25) is 0 Å². The fourth-order valence-corrected chi connectivity index (χ4v) is 2.83. The van der Waals surface area contributed by atoms with Crippen molar-refractivity contribution in [3.8, 4) is 0 Å². The van der Waals surface area contributed by atoms with E-state index in [1.165, 1.54) is 48.7 Å². The molecule has 0 spiro atoms. The van der Waals surface area contributed by atoms with Crippen molar-refractivity contribution in [3.63, 3.8) is 0 Å². The van der Waals surface area contributed by atoms with E-state index in [9.17, 15) is 0 Å². The van der Waals surface area contributed by atoms with Crippen LogP contribution in [0.1, 0.15) is 37.4 Å². The first-order chi connectivity index (χ1) is 8.42. The largest absolute Gasteiger partial charge is 0.344 e. The zero-order valence-electron chi connectivity index (χ0n) is 10.4. The normalized spacial score (nSPS) is 14.2. The standard InChI is InChI=1S/C16H19N/c1-2-3-12-17-15-10-6-4-8-13(15)14-9-5-7-11-16(14)17/h4-6,8-10H,2-3,7,11-12H2,1H3. The number of fused-ring (bicyclic) bond motifs is 3. The second kappa shape index (κ2) is 4.40. The number of para-hydroxylation sites is 1. The Morgan fingerprint density at radius 2 is 2.12 bits per heavy atom. The minimum Gasteiger partial charge on any atom is -0.344 e. The van der Waals surface area contributed by atoms with Gasteiger partial charge in [0.05, 0.1) is 0 Å². The molecule has 0 saturated carbocycles. The first-order valence-electron chi connectivity index (χ1n) is 6.68.